The number of rotatable bonds is 6. The standard InChI is InChI=1S/C25H30N2O5/c28-24(26-20-8-9-21-22(14-20)30-12-5-11-29-21)16-27-15-23(25(18-27)10-4-13-32-25)31-17-19-6-2-1-3-7-19/h1-3,6-9,14,23H,4-5,10-13,15-18H2,(H,26,28)/t23-,25-/m0/s1. The summed E-state index contributed by atoms with van der Waals surface area (Å²) in [6.07, 6.45) is 2.80. The summed E-state index contributed by atoms with van der Waals surface area (Å²) in [5.74, 6) is 1.34. The van der Waals surface area contributed by atoms with Gasteiger partial charge in [0, 0.05) is 37.9 Å². The lowest BCUT2D eigenvalue weighted by Gasteiger charge is -2.29. The first-order chi connectivity index (χ1) is 15.7. The molecule has 3 aliphatic rings. The highest BCUT2D eigenvalue weighted by Crippen LogP contribution is 2.37. The van der Waals surface area contributed by atoms with Crippen molar-refractivity contribution in [3.05, 3.63) is 54.1 Å². The number of nitrogens with zero attached hydrogens (tertiary/aromatic N) is 1. The number of anilines is 1. The van der Waals surface area contributed by atoms with E-state index in [4.69, 9.17) is 18.9 Å². The summed E-state index contributed by atoms with van der Waals surface area (Å²) >= 11 is 0. The number of hydrogen-bond donors (Lipinski definition) is 1. The fraction of sp³-hybridized carbons (Fsp3) is 0.480. The first kappa shape index (κ1) is 21.2. The maximum absolute atomic E-state index is 12.8. The lowest BCUT2D eigenvalue weighted by atomic mass is 9.96. The second-order valence-corrected chi connectivity index (χ2v) is 8.73. The van der Waals surface area contributed by atoms with Gasteiger partial charge in [0.2, 0.25) is 5.91 Å². The number of benzene rings is 2. The van der Waals surface area contributed by atoms with Crippen LogP contribution in [-0.2, 0) is 20.9 Å². The Labute approximate surface area is 188 Å². The van der Waals surface area contributed by atoms with Gasteiger partial charge < -0.3 is 24.3 Å². The third kappa shape index (κ3) is 4.75. The van der Waals surface area contributed by atoms with Gasteiger partial charge in [-0.15, -0.1) is 0 Å². The Morgan fingerprint density at radius 2 is 1.91 bits per heavy atom. The van der Waals surface area contributed by atoms with E-state index in [9.17, 15) is 4.79 Å². The molecule has 170 valence electrons. The minimum absolute atomic E-state index is 0.0453. The Bertz CT molecular complexity index is 929. The number of fused-ring (bicyclic) bond motifs is 1. The van der Waals surface area contributed by atoms with Gasteiger partial charge in [0.05, 0.1) is 26.4 Å². The maximum Gasteiger partial charge on any atom is 0.238 e. The molecule has 0 aliphatic carbocycles. The summed E-state index contributed by atoms with van der Waals surface area (Å²) < 4.78 is 23.9. The summed E-state index contributed by atoms with van der Waals surface area (Å²) in [6.45, 7) is 4.25. The highest BCUT2D eigenvalue weighted by molar-refractivity contribution is 5.92. The second kappa shape index (κ2) is 9.48. The Morgan fingerprint density at radius 1 is 1.06 bits per heavy atom. The van der Waals surface area contributed by atoms with Crippen LogP contribution < -0.4 is 14.8 Å². The van der Waals surface area contributed by atoms with Crippen LogP contribution in [0.3, 0.4) is 0 Å². The monoisotopic (exact) mass is 438 g/mol. The normalized spacial score (nSPS) is 25.1. The maximum atomic E-state index is 12.8. The quantitative estimate of drug-likeness (QED) is 0.747. The molecule has 2 atom stereocenters. The van der Waals surface area contributed by atoms with Crippen molar-refractivity contribution in [2.75, 3.05) is 44.8 Å². The SMILES string of the molecule is O=C(CN1C[C@H](OCc2ccccc2)[C@]2(CCCO2)C1)Nc1ccc2c(c1)OCCCO2. The van der Waals surface area contributed by atoms with E-state index in [1.165, 1.54) is 0 Å². The number of nitrogens with one attached hydrogen (secondary N) is 1. The largest absolute Gasteiger partial charge is 0.490 e. The van der Waals surface area contributed by atoms with Gasteiger partial charge in [0.1, 0.15) is 11.7 Å². The molecule has 5 rings (SSSR count). The van der Waals surface area contributed by atoms with Gasteiger partial charge in [0.15, 0.2) is 11.5 Å². The molecule has 0 bridgehead atoms. The number of hydrogen-bond acceptors (Lipinski definition) is 6. The summed E-state index contributed by atoms with van der Waals surface area (Å²) in [4.78, 5) is 14.9. The molecule has 7 heteroatoms. The molecule has 32 heavy (non-hydrogen) atoms. The van der Waals surface area contributed by atoms with Crippen LogP contribution in [0.15, 0.2) is 48.5 Å². The molecular weight excluding hydrogens is 408 g/mol. The van der Waals surface area contributed by atoms with Crippen LogP contribution in [0, 0.1) is 0 Å². The smallest absolute Gasteiger partial charge is 0.238 e. The van der Waals surface area contributed by atoms with Crippen LogP contribution in [0.25, 0.3) is 0 Å². The summed E-state index contributed by atoms with van der Waals surface area (Å²) in [6, 6.07) is 15.7. The van der Waals surface area contributed by atoms with Crippen LogP contribution in [0.1, 0.15) is 24.8 Å². The molecule has 7 nitrogen and oxygen atoms in total. The van der Waals surface area contributed by atoms with Crippen LogP contribution in [0.5, 0.6) is 11.5 Å². The van der Waals surface area contributed by atoms with E-state index >= 15 is 0 Å². The van der Waals surface area contributed by atoms with Crippen molar-refractivity contribution in [3.63, 3.8) is 0 Å². The molecule has 1 spiro atoms. The minimum atomic E-state index is -0.315. The predicted molar refractivity (Wildman–Crippen MR) is 120 cm³/mol. The van der Waals surface area contributed by atoms with E-state index in [0.717, 1.165) is 37.2 Å². The van der Waals surface area contributed by atoms with Crippen molar-refractivity contribution in [1.82, 2.24) is 4.90 Å². The number of carbonyl (C=O) groups is 1. The van der Waals surface area contributed by atoms with Crippen LogP contribution in [0.4, 0.5) is 5.69 Å². The van der Waals surface area contributed by atoms with Gasteiger partial charge in [-0.1, -0.05) is 30.3 Å². The molecule has 3 aliphatic heterocycles. The van der Waals surface area contributed by atoms with Gasteiger partial charge in [-0.25, -0.2) is 0 Å². The predicted octanol–water partition coefficient (Wildman–Crippen LogP) is 3.24. The van der Waals surface area contributed by atoms with E-state index in [-0.39, 0.29) is 17.6 Å². The fourth-order valence-electron chi connectivity index (χ4n) is 4.78. The van der Waals surface area contributed by atoms with Gasteiger partial charge in [-0.3, -0.25) is 9.69 Å². The zero-order chi connectivity index (χ0) is 21.8. The van der Waals surface area contributed by atoms with Gasteiger partial charge in [-0.2, -0.15) is 0 Å². The molecule has 0 aromatic heterocycles. The zero-order valence-electron chi connectivity index (χ0n) is 18.3. The second-order valence-electron chi connectivity index (χ2n) is 8.73. The van der Waals surface area contributed by atoms with Gasteiger partial charge in [0.25, 0.3) is 0 Å². The summed E-state index contributed by atoms with van der Waals surface area (Å²) in [7, 11) is 0. The van der Waals surface area contributed by atoms with Crippen molar-refractivity contribution in [1.29, 1.82) is 0 Å². The van der Waals surface area contributed by atoms with E-state index in [1.54, 1.807) is 0 Å². The van der Waals surface area contributed by atoms with Crippen molar-refractivity contribution >= 4 is 11.6 Å². The Hall–Kier alpha value is -2.61. The molecule has 0 unspecified atom stereocenters. The lowest BCUT2D eigenvalue weighted by Crippen LogP contribution is -2.42. The van der Waals surface area contributed by atoms with Crippen molar-refractivity contribution < 1.29 is 23.7 Å². The van der Waals surface area contributed by atoms with Crippen molar-refractivity contribution in [2.24, 2.45) is 0 Å². The molecule has 1 amide bonds. The highest BCUT2D eigenvalue weighted by Gasteiger charge is 2.50. The molecule has 2 aromatic carbocycles. The van der Waals surface area contributed by atoms with E-state index in [0.29, 0.717) is 50.9 Å². The average Bonchev–Trinajstić information content (AvgIpc) is 3.32. The van der Waals surface area contributed by atoms with Crippen LogP contribution in [0.2, 0.25) is 0 Å². The third-order valence-corrected chi connectivity index (χ3v) is 6.33. The number of ether oxygens (including phenoxy) is 4. The number of carbonyl (C=O) groups excluding carboxylic acids is 1. The zero-order valence-corrected chi connectivity index (χ0v) is 18.3. The van der Waals surface area contributed by atoms with E-state index in [1.807, 2.05) is 36.4 Å². The van der Waals surface area contributed by atoms with E-state index < -0.39 is 0 Å². The molecule has 1 N–H and O–H groups in total. The average molecular weight is 439 g/mol. The van der Waals surface area contributed by atoms with Gasteiger partial charge in [-0.05, 0) is 30.5 Å². The van der Waals surface area contributed by atoms with Gasteiger partial charge >= 0.3 is 0 Å². The molecule has 2 saturated heterocycles. The third-order valence-electron chi connectivity index (χ3n) is 6.33. The highest BCUT2D eigenvalue weighted by atomic mass is 16.6. The number of likely N-dealkylation sites (tertiary alicyclic amines) is 1. The first-order valence-electron chi connectivity index (χ1n) is 11.4. The Morgan fingerprint density at radius 3 is 2.72 bits per heavy atom. The summed E-state index contributed by atoms with van der Waals surface area (Å²) in [5.41, 5.74) is 1.54. The Balaban J connectivity index is 1.19. The van der Waals surface area contributed by atoms with Crippen LogP contribution >= 0.6 is 0 Å². The molecular formula is C25H30N2O5. The Kier molecular flexibility index (Phi) is 6.30. The fourth-order valence-corrected chi connectivity index (χ4v) is 4.78. The lowest BCUT2D eigenvalue weighted by molar-refractivity contribution is -0.117. The molecule has 0 saturated carbocycles. The summed E-state index contributed by atoms with van der Waals surface area (Å²) in [5, 5.41) is 2.99. The molecule has 3 heterocycles. The molecule has 0 radical (unpaired) electrons. The first-order valence-corrected chi connectivity index (χ1v) is 11.4. The molecule has 2 aromatic rings. The topological polar surface area (TPSA) is 69.3 Å². The number of amides is 1. The molecule has 2 fully saturated rings. The minimum Gasteiger partial charge on any atom is -0.490 e. The van der Waals surface area contributed by atoms with Crippen molar-refractivity contribution in [2.45, 2.75) is 37.6 Å². The van der Waals surface area contributed by atoms with Crippen molar-refractivity contribution in [3.8, 4) is 11.5 Å². The van der Waals surface area contributed by atoms with Crippen LogP contribution in [-0.4, -0.2) is 62.0 Å². The van der Waals surface area contributed by atoms with E-state index in [2.05, 4.69) is 22.3 Å².